The van der Waals surface area contributed by atoms with Gasteiger partial charge in [0.1, 0.15) is 0 Å². The van der Waals surface area contributed by atoms with Gasteiger partial charge in [0.05, 0.1) is 22.8 Å². The van der Waals surface area contributed by atoms with Crippen LogP contribution in [0.3, 0.4) is 0 Å². The van der Waals surface area contributed by atoms with E-state index in [9.17, 15) is 22.0 Å². The highest BCUT2D eigenvalue weighted by atomic mass is 32.2. The molecule has 0 bridgehead atoms. The number of nitrogens with one attached hydrogen (secondary N) is 1. The third kappa shape index (κ3) is 5.11. The van der Waals surface area contributed by atoms with Crippen LogP contribution < -0.4 is 5.32 Å². The molecular formula is C22H21F2N3O4S2. The predicted molar refractivity (Wildman–Crippen MR) is 121 cm³/mol. The van der Waals surface area contributed by atoms with Crippen molar-refractivity contribution in [3.05, 3.63) is 65.0 Å². The van der Waals surface area contributed by atoms with E-state index in [4.69, 9.17) is 4.74 Å². The molecule has 1 aliphatic rings. The maximum Gasteiger partial charge on any atom is 0.257 e. The highest BCUT2D eigenvalue weighted by Crippen LogP contribution is 2.27. The van der Waals surface area contributed by atoms with Crippen LogP contribution in [0.5, 0.6) is 0 Å². The molecule has 2 atom stereocenters. The third-order valence-electron chi connectivity index (χ3n) is 5.08. The zero-order chi connectivity index (χ0) is 23.8. The summed E-state index contributed by atoms with van der Waals surface area (Å²) in [5.41, 5.74) is 1.03. The Morgan fingerprint density at radius 1 is 1.09 bits per heavy atom. The van der Waals surface area contributed by atoms with Crippen molar-refractivity contribution in [2.45, 2.75) is 31.0 Å². The fourth-order valence-electron chi connectivity index (χ4n) is 3.54. The fourth-order valence-corrected chi connectivity index (χ4v) is 5.85. The number of benzene rings is 2. The van der Waals surface area contributed by atoms with Crippen LogP contribution in [0.2, 0.25) is 0 Å². The number of anilines is 1. The Hall–Kier alpha value is -2.73. The number of halogens is 2. The van der Waals surface area contributed by atoms with Gasteiger partial charge in [0.2, 0.25) is 10.0 Å². The van der Waals surface area contributed by atoms with Crippen LogP contribution in [0.4, 0.5) is 13.9 Å². The van der Waals surface area contributed by atoms with Crippen molar-refractivity contribution in [1.82, 2.24) is 9.29 Å². The Labute approximate surface area is 194 Å². The topological polar surface area (TPSA) is 88.6 Å². The lowest BCUT2D eigenvalue weighted by molar-refractivity contribution is -0.0440. The summed E-state index contributed by atoms with van der Waals surface area (Å²) in [5, 5.41) is 4.52. The second-order valence-electron chi connectivity index (χ2n) is 7.72. The molecule has 2 unspecified atom stereocenters. The number of ether oxygens (including phenoxy) is 1. The molecule has 1 saturated heterocycles. The van der Waals surface area contributed by atoms with Crippen LogP contribution in [-0.4, -0.2) is 48.9 Å². The molecule has 1 fully saturated rings. The average Bonchev–Trinajstić information content (AvgIpc) is 3.23. The van der Waals surface area contributed by atoms with E-state index < -0.39 is 27.6 Å². The minimum atomic E-state index is -3.71. The Balaban J connectivity index is 1.46. The standard InChI is InChI=1S/C22H21F2N3O4S2/c1-13-10-27(11-14(2)31-13)33(29,30)17-6-3-15(4-7-17)21(28)26-22-25-20(12-32-22)16-5-8-18(23)19(24)9-16/h3-9,12-14H,10-11H2,1-2H3,(H,25,26,28). The van der Waals surface area contributed by atoms with Crippen molar-refractivity contribution in [1.29, 1.82) is 0 Å². The summed E-state index contributed by atoms with van der Waals surface area (Å²) in [4.78, 5) is 16.9. The van der Waals surface area contributed by atoms with Crippen LogP contribution in [0.25, 0.3) is 11.3 Å². The van der Waals surface area contributed by atoms with Crippen molar-refractivity contribution in [2.24, 2.45) is 0 Å². The van der Waals surface area contributed by atoms with Crippen molar-refractivity contribution in [3.63, 3.8) is 0 Å². The number of carbonyl (C=O) groups is 1. The van der Waals surface area contributed by atoms with E-state index in [2.05, 4.69) is 10.3 Å². The maximum atomic E-state index is 13.5. The Bertz CT molecular complexity index is 1270. The van der Waals surface area contributed by atoms with Crippen LogP contribution in [-0.2, 0) is 14.8 Å². The van der Waals surface area contributed by atoms with Gasteiger partial charge in [-0.15, -0.1) is 11.3 Å². The summed E-state index contributed by atoms with van der Waals surface area (Å²) in [7, 11) is -3.71. The summed E-state index contributed by atoms with van der Waals surface area (Å²) in [6, 6.07) is 9.08. The molecule has 2 heterocycles. The van der Waals surface area contributed by atoms with E-state index in [1.54, 1.807) is 5.38 Å². The number of nitrogens with zero attached hydrogens (tertiary/aromatic N) is 2. The molecule has 11 heteroatoms. The number of hydrogen-bond donors (Lipinski definition) is 1. The minimum absolute atomic E-state index is 0.0928. The molecule has 1 aromatic heterocycles. The number of carbonyl (C=O) groups excluding carboxylic acids is 1. The number of rotatable bonds is 5. The third-order valence-corrected chi connectivity index (χ3v) is 7.68. The van der Waals surface area contributed by atoms with Gasteiger partial charge < -0.3 is 4.74 Å². The van der Waals surface area contributed by atoms with E-state index in [0.29, 0.717) is 11.3 Å². The number of aromatic nitrogens is 1. The number of hydrogen-bond acceptors (Lipinski definition) is 6. The van der Waals surface area contributed by atoms with Gasteiger partial charge in [-0.3, -0.25) is 10.1 Å². The Morgan fingerprint density at radius 3 is 2.39 bits per heavy atom. The summed E-state index contributed by atoms with van der Waals surface area (Å²) in [6.45, 7) is 4.17. The number of sulfonamides is 1. The van der Waals surface area contributed by atoms with Gasteiger partial charge in [-0.2, -0.15) is 4.31 Å². The number of amides is 1. The Morgan fingerprint density at radius 2 is 1.76 bits per heavy atom. The molecule has 4 rings (SSSR count). The first-order valence-corrected chi connectivity index (χ1v) is 12.4. The summed E-state index contributed by atoms with van der Waals surface area (Å²) < 4.78 is 59.5. The monoisotopic (exact) mass is 493 g/mol. The molecule has 0 aliphatic carbocycles. The van der Waals surface area contributed by atoms with Crippen LogP contribution in [0, 0.1) is 11.6 Å². The van der Waals surface area contributed by atoms with Gasteiger partial charge >= 0.3 is 0 Å². The molecular weight excluding hydrogens is 472 g/mol. The molecule has 2 aromatic carbocycles. The molecule has 1 N–H and O–H groups in total. The van der Waals surface area contributed by atoms with Crippen molar-refractivity contribution in [3.8, 4) is 11.3 Å². The van der Waals surface area contributed by atoms with E-state index in [1.807, 2.05) is 13.8 Å². The lowest BCUT2D eigenvalue weighted by Crippen LogP contribution is -2.48. The van der Waals surface area contributed by atoms with Gasteiger partial charge in [-0.25, -0.2) is 22.2 Å². The predicted octanol–water partition coefficient (Wildman–Crippen LogP) is 4.14. The SMILES string of the molecule is CC1CN(S(=O)(=O)c2ccc(C(=O)Nc3nc(-c4ccc(F)c(F)c4)cs3)cc2)CC(C)O1. The normalized spacial score (nSPS) is 19.4. The van der Waals surface area contributed by atoms with Crippen LogP contribution in [0.1, 0.15) is 24.2 Å². The molecule has 0 saturated carbocycles. The fraction of sp³-hybridized carbons (Fsp3) is 0.273. The second kappa shape index (κ2) is 9.26. The zero-order valence-electron chi connectivity index (χ0n) is 17.8. The molecule has 1 amide bonds. The van der Waals surface area contributed by atoms with Crippen LogP contribution >= 0.6 is 11.3 Å². The van der Waals surface area contributed by atoms with Crippen molar-refractivity contribution < 1.29 is 26.7 Å². The molecule has 174 valence electrons. The largest absolute Gasteiger partial charge is 0.373 e. The summed E-state index contributed by atoms with van der Waals surface area (Å²) in [5.74, 6) is -2.41. The minimum Gasteiger partial charge on any atom is -0.373 e. The smallest absolute Gasteiger partial charge is 0.257 e. The van der Waals surface area contributed by atoms with Gasteiger partial charge in [-0.1, -0.05) is 0 Å². The summed E-state index contributed by atoms with van der Waals surface area (Å²) in [6.07, 6.45) is -0.411. The van der Waals surface area contributed by atoms with E-state index in [1.165, 1.54) is 34.6 Å². The molecule has 33 heavy (non-hydrogen) atoms. The van der Waals surface area contributed by atoms with Gasteiger partial charge in [0.25, 0.3) is 5.91 Å². The first-order chi connectivity index (χ1) is 15.6. The van der Waals surface area contributed by atoms with Gasteiger partial charge in [-0.05, 0) is 56.3 Å². The zero-order valence-corrected chi connectivity index (χ0v) is 19.4. The average molecular weight is 494 g/mol. The maximum absolute atomic E-state index is 13.5. The lowest BCUT2D eigenvalue weighted by atomic mass is 10.2. The van der Waals surface area contributed by atoms with E-state index >= 15 is 0 Å². The first kappa shape index (κ1) is 23.4. The lowest BCUT2D eigenvalue weighted by Gasteiger charge is -2.34. The molecule has 3 aromatic rings. The van der Waals surface area contributed by atoms with E-state index in [-0.39, 0.29) is 40.9 Å². The van der Waals surface area contributed by atoms with Gasteiger partial charge in [0, 0.05) is 29.6 Å². The van der Waals surface area contributed by atoms with Gasteiger partial charge in [0.15, 0.2) is 16.8 Å². The van der Waals surface area contributed by atoms with Crippen molar-refractivity contribution >= 4 is 32.4 Å². The molecule has 1 aliphatic heterocycles. The van der Waals surface area contributed by atoms with Crippen LogP contribution in [0.15, 0.2) is 52.7 Å². The number of morpholine rings is 1. The van der Waals surface area contributed by atoms with Crippen molar-refractivity contribution in [2.75, 3.05) is 18.4 Å². The highest BCUT2D eigenvalue weighted by Gasteiger charge is 2.32. The number of thiazole rings is 1. The van der Waals surface area contributed by atoms with E-state index in [0.717, 1.165) is 23.5 Å². The molecule has 0 radical (unpaired) electrons. The molecule has 7 nitrogen and oxygen atoms in total. The first-order valence-electron chi connectivity index (χ1n) is 10.1. The quantitative estimate of drug-likeness (QED) is 0.577. The highest BCUT2D eigenvalue weighted by molar-refractivity contribution is 7.89. The Kier molecular flexibility index (Phi) is 6.57. The summed E-state index contributed by atoms with van der Waals surface area (Å²) >= 11 is 1.13. The second-order valence-corrected chi connectivity index (χ2v) is 10.5. The molecule has 0 spiro atoms.